The molecule has 0 saturated carbocycles. The minimum Gasteiger partial charge on any atom is -0.345 e. The third-order valence-electron chi connectivity index (χ3n) is 2.54. The molecule has 0 saturated heterocycles. The maximum atomic E-state index is 12.2. The van der Waals surface area contributed by atoms with Gasteiger partial charge in [0.1, 0.15) is 0 Å². The van der Waals surface area contributed by atoms with E-state index in [1.54, 1.807) is 6.07 Å². The van der Waals surface area contributed by atoms with Crippen molar-refractivity contribution in [1.82, 2.24) is 5.32 Å². The van der Waals surface area contributed by atoms with Crippen LogP contribution in [0.2, 0.25) is 4.34 Å². The van der Waals surface area contributed by atoms with Gasteiger partial charge in [0, 0.05) is 13.8 Å². The summed E-state index contributed by atoms with van der Waals surface area (Å²) < 4.78 is 2.36. The number of hydrogen-bond donors (Lipinski definition) is 1. The summed E-state index contributed by atoms with van der Waals surface area (Å²) in [6.07, 6.45) is 0. The van der Waals surface area contributed by atoms with Crippen LogP contribution in [0.3, 0.4) is 0 Å². The zero-order valence-corrected chi connectivity index (χ0v) is 14.7. The molecule has 1 heterocycles. The molecule has 1 aromatic carbocycles. The first-order valence-corrected chi connectivity index (χ1v) is 8.26. The summed E-state index contributed by atoms with van der Waals surface area (Å²) >= 11 is 14.1. The molecule has 1 unspecified atom stereocenters. The summed E-state index contributed by atoms with van der Waals surface area (Å²) in [5.41, 5.74) is 0.601. The SMILES string of the molecule is CC(NC(=O)c1cc(Br)ccc1Br)c1ccc(Cl)s1. The van der Waals surface area contributed by atoms with Gasteiger partial charge in [0.15, 0.2) is 0 Å². The third-order valence-corrected chi connectivity index (χ3v) is 5.14. The lowest BCUT2D eigenvalue weighted by molar-refractivity contribution is 0.0939. The van der Waals surface area contributed by atoms with Gasteiger partial charge in [-0.3, -0.25) is 4.79 Å². The highest BCUT2D eigenvalue weighted by molar-refractivity contribution is 9.11. The molecule has 100 valence electrons. The Labute approximate surface area is 137 Å². The number of halogens is 3. The lowest BCUT2D eigenvalue weighted by Crippen LogP contribution is -2.26. The second-order valence-corrected chi connectivity index (χ2v) is 7.48. The molecule has 1 aromatic heterocycles. The van der Waals surface area contributed by atoms with Gasteiger partial charge in [0.2, 0.25) is 0 Å². The van der Waals surface area contributed by atoms with Gasteiger partial charge < -0.3 is 5.32 Å². The van der Waals surface area contributed by atoms with E-state index < -0.39 is 0 Å². The number of hydrogen-bond acceptors (Lipinski definition) is 2. The smallest absolute Gasteiger partial charge is 0.252 e. The molecule has 2 nitrogen and oxygen atoms in total. The van der Waals surface area contributed by atoms with E-state index in [9.17, 15) is 4.79 Å². The number of carbonyl (C=O) groups is 1. The van der Waals surface area contributed by atoms with Gasteiger partial charge >= 0.3 is 0 Å². The molecule has 1 N–H and O–H groups in total. The summed E-state index contributed by atoms with van der Waals surface area (Å²) in [4.78, 5) is 13.2. The van der Waals surface area contributed by atoms with Crippen LogP contribution < -0.4 is 5.32 Å². The zero-order valence-electron chi connectivity index (χ0n) is 9.91. The second-order valence-electron chi connectivity index (χ2n) is 3.96. The normalized spacial score (nSPS) is 12.2. The molecule has 2 aromatic rings. The molecule has 6 heteroatoms. The van der Waals surface area contributed by atoms with Crippen molar-refractivity contribution in [2.75, 3.05) is 0 Å². The minimum absolute atomic E-state index is 0.0733. The van der Waals surface area contributed by atoms with Crippen LogP contribution in [-0.4, -0.2) is 5.91 Å². The fraction of sp³-hybridized carbons (Fsp3) is 0.154. The van der Waals surface area contributed by atoms with Crippen LogP contribution in [0.15, 0.2) is 39.3 Å². The quantitative estimate of drug-likeness (QED) is 0.702. The maximum Gasteiger partial charge on any atom is 0.252 e. The predicted octanol–water partition coefficient (Wildman–Crippen LogP) is 5.42. The first-order valence-electron chi connectivity index (χ1n) is 5.48. The van der Waals surface area contributed by atoms with Crippen molar-refractivity contribution in [3.8, 4) is 0 Å². The molecule has 0 aliphatic rings. The number of thiophene rings is 1. The molecule has 19 heavy (non-hydrogen) atoms. The Morgan fingerprint density at radius 1 is 1.32 bits per heavy atom. The molecule has 2 rings (SSSR count). The van der Waals surface area contributed by atoms with Gasteiger partial charge in [-0.25, -0.2) is 0 Å². The van der Waals surface area contributed by atoms with Gasteiger partial charge in [-0.2, -0.15) is 0 Å². The summed E-state index contributed by atoms with van der Waals surface area (Å²) in [5, 5.41) is 2.96. The van der Waals surface area contributed by atoms with Gasteiger partial charge in [0.05, 0.1) is 15.9 Å². The molecule has 0 fully saturated rings. The van der Waals surface area contributed by atoms with E-state index in [0.717, 1.165) is 18.2 Å². The molecule has 0 radical (unpaired) electrons. The Morgan fingerprint density at radius 2 is 2.05 bits per heavy atom. The molecular weight excluding hydrogens is 413 g/mol. The Kier molecular flexibility index (Phi) is 5.06. The zero-order chi connectivity index (χ0) is 14.0. The Balaban J connectivity index is 2.15. The van der Waals surface area contributed by atoms with Crippen molar-refractivity contribution in [3.63, 3.8) is 0 Å². The largest absolute Gasteiger partial charge is 0.345 e. The lowest BCUT2D eigenvalue weighted by Gasteiger charge is -2.13. The summed E-state index contributed by atoms with van der Waals surface area (Å²) in [6, 6.07) is 9.19. The average Bonchev–Trinajstić information content (AvgIpc) is 2.79. The van der Waals surface area contributed by atoms with Crippen LogP contribution >= 0.6 is 54.8 Å². The molecule has 1 amide bonds. The van der Waals surface area contributed by atoms with Gasteiger partial charge in [-0.1, -0.05) is 27.5 Å². The standard InChI is InChI=1S/C13H10Br2ClNOS/c1-7(11-4-5-12(16)19-11)17-13(18)9-6-8(14)2-3-10(9)15/h2-7H,1H3,(H,17,18). The first kappa shape index (κ1) is 15.0. The van der Waals surface area contributed by atoms with E-state index in [4.69, 9.17) is 11.6 Å². The van der Waals surface area contributed by atoms with Crippen molar-refractivity contribution in [1.29, 1.82) is 0 Å². The van der Waals surface area contributed by atoms with Gasteiger partial charge in [0.25, 0.3) is 5.91 Å². The van der Waals surface area contributed by atoms with E-state index in [1.165, 1.54) is 11.3 Å². The fourth-order valence-electron chi connectivity index (χ4n) is 1.58. The molecule has 0 aliphatic carbocycles. The summed E-state index contributed by atoms with van der Waals surface area (Å²) in [7, 11) is 0. The predicted molar refractivity (Wildman–Crippen MR) is 87.1 cm³/mol. The number of rotatable bonds is 3. The van der Waals surface area contributed by atoms with Crippen molar-refractivity contribution in [2.24, 2.45) is 0 Å². The Morgan fingerprint density at radius 3 is 2.68 bits per heavy atom. The first-order chi connectivity index (χ1) is 8.97. The van der Waals surface area contributed by atoms with Crippen LogP contribution in [0.4, 0.5) is 0 Å². The van der Waals surface area contributed by atoms with Crippen molar-refractivity contribution in [2.45, 2.75) is 13.0 Å². The fourth-order valence-corrected chi connectivity index (χ4v) is 3.43. The van der Waals surface area contributed by atoms with Crippen molar-refractivity contribution in [3.05, 3.63) is 54.1 Å². The maximum absolute atomic E-state index is 12.2. The summed E-state index contributed by atoms with van der Waals surface area (Å²) in [6.45, 7) is 1.94. The molecular formula is C13H10Br2ClNOS. The highest BCUT2D eigenvalue weighted by Crippen LogP contribution is 2.27. The summed E-state index contributed by atoms with van der Waals surface area (Å²) in [5.74, 6) is -0.120. The number of benzene rings is 1. The average molecular weight is 424 g/mol. The van der Waals surface area contributed by atoms with Gasteiger partial charge in [-0.15, -0.1) is 11.3 Å². The van der Waals surface area contributed by atoms with E-state index in [0.29, 0.717) is 5.56 Å². The monoisotopic (exact) mass is 421 g/mol. The van der Waals surface area contributed by atoms with E-state index in [2.05, 4.69) is 37.2 Å². The van der Waals surface area contributed by atoms with Crippen LogP contribution in [0.5, 0.6) is 0 Å². The van der Waals surface area contributed by atoms with Crippen LogP contribution in [0, 0.1) is 0 Å². The Hall–Kier alpha value is -0.360. The van der Waals surface area contributed by atoms with Gasteiger partial charge in [-0.05, 0) is 53.2 Å². The van der Waals surface area contributed by atoms with Crippen LogP contribution in [0.25, 0.3) is 0 Å². The minimum atomic E-state index is -0.120. The number of nitrogens with one attached hydrogen (secondary N) is 1. The van der Waals surface area contributed by atoms with Crippen molar-refractivity contribution < 1.29 is 4.79 Å². The Bertz CT molecular complexity index is 614. The van der Waals surface area contributed by atoms with Crippen LogP contribution in [0.1, 0.15) is 28.2 Å². The highest BCUT2D eigenvalue weighted by atomic mass is 79.9. The van der Waals surface area contributed by atoms with E-state index in [-0.39, 0.29) is 11.9 Å². The number of carbonyl (C=O) groups excluding carboxylic acids is 1. The topological polar surface area (TPSA) is 29.1 Å². The van der Waals surface area contributed by atoms with E-state index in [1.807, 2.05) is 31.2 Å². The second kappa shape index (κ2) is 6.39. The van der Waals surface area contributed by atoms with E-state index >= 15 is 0 Å². The van der Waals surface area contributed by atoms with Crippen molar-refractivity contribution >= 4 is 60.7 Å². The lowest BCUT2D eigenvalue weighted by atomic mass is 10.2. The highest BCUT2D eigenvalue weighted by Gasteiger charge is 2.15. The molecule has 0 bridgehead atoms. The molecule has 1 atom stereocenters. The molecule has 0 spiro atoms. The third kappa shape index (κ3) is 3.81. The number of amides is 1. The van der Waals surface area contributed by atoms with Crippen LogP contribution in [-0.2, 0) is 0 Å². The molecule has 0 aliphatic heterocycles.